The Bertz CT molecular complexity index is 372. The molecule has 0 amide bonds. The van der Waals surface area contributed by atoms with E-state index in [4.69, 9.17) is 0 Å². The Labute approximate surface area is 100 Å². The Hall–Kier alpha value is -1.68. The summed E-state index contributed by atoms with van der Waals surface area (Å²) < 4.78 is 4.69. The molecule has 0 saturated carbocycles. The predicted octanol–water partition coefficient (Wildman–Crippen LogP) is 1.57. The third-order valence-corrected chi connectivity index (χ3v) is 2.22. The van der Waals surface area contributed by atoms with Gasteiger partial charge in [0.1, 0.15) is 0 Å². The van der Waals surface area contributed by atoms with E-state index in [1.54, 1.807) is 31.2 Å². The highest BCUT2D eigenvalue weighted by molar-refractivity contribution is 5.96. The maximum Gasteiger partial charge on any atom is 0.308 e. The summed E-state index contributed by atoms with van der Waals surface area (Å²) in [4.78, 5) is 22.8. The van der Waals surface area contributed by atoms with Gasteiger partial charge >= 0.3 is 5.97 Å². The molecule has 0 spiro atoms. The van der Waals surface area contributed by atoms with Crippen molar-refractivity contribution in [3.05, 3.63) is 35.9 Å². The van der Waals surface area contributed by atoms with Crippen LogP contribution < -0.4 is 0 Å². The highest BCUT2D eigenvalue weighted by Gasteiger charge is 2.16. The van der Waals surface area contributed by atoms with Gasteiger partial charge < -0.3 is 9.84 Å². The second-order valence-corrected chi connectivity index (χ2v) is 3.66. The van der Waals surface area contributed by atoms with E-state index in [1.807, 2.05) is 6.07 Å². The first kappa shape index (κ1) is 13.4. The zero-order valence-corrected chi connectivity index (χ0v) is 9.76. The van der Waals surface area contributed by atoms with Crippen LogP contribution in [0.3, 0.4) is 0 Å². The average Bonchev–Trinajstić information content (AvgIpc) is 2.30. The Morgan fingerprint density at radius 2 is 1.88 bits per heavy atom. The lowest BCUT2D eigenvalue weighted by molar-refractivity contribution is -0.145. The number of aliphatic hydroxyl groups is 1. The number of hydrogen-bond donors (Lipinski definition) is 1. The van der Waals surface area contributed by atoms with Gasteiger partial charge in [-0.25, -0.2) is 0 Å². The largest absolute Gasteiger partial charge is 0.466 e. The van der Waals surface area contributed by atoms with E-state index in [1.165, 1.54) is 0 Å². The first-order chi connectivity index (χ1) is 8.13. The van der Waals surface area contributed by atoms with Gasteiger partial charge in [0.25, 0.3) is 0 Å². The van der Waals surface area contributed by atoms with E-state index in [0.717, 1.165) is 0 Å². The van der Waals surface area contributed by atoms with Crippen molar-refractivity contribution in [2.24, 2.45) is 0 Å². The molecule has 0 aromatic heterocycles. The van der Waals surface area contributed by atoms with Crippen LogP contribution in [0.4, 0.5) is 0 Å². The summed E-state index contributed by atoms with van der Waals surface area (Å²) in [6.45, 7) is 1.97. The molecule has 1 aromatic carbocycles. The number of benzene rings is 1. The van der Waals surface area contributed by atoms with Crippen molar-refractivity contribution < 1.29 is 19.4 Å². The quantitative estimate of drug-likeness (QED) is 0.601. The SMILES string of the molecule is CCOC(=O)C[C@@H](O)CC(=O)c1ccccc1. The van der Waals surface area contributed by atoms with Crippen LogP contribution in [0.2, 0.25) is 0 Å². The van der Waals surface area contributed by atoms with Gasteiger partial charge in [0.05, 0.1) is 19.1 Å². The molecule has 1 aromatic rings. The van der Waals surface area contributed by atoms with E-state index in [0.29, 0.717) is 5.56 Å². The van der Waals surface area contributed by atoms with Crippen LogP contribution in [0.15, 0.2) is 30.3 Å². The summed E-state index contributed by atoms with van der Waals surface area (Å²) in [7, 11) is 0. The maximum atomic E-state index is 11.7. The first-order valence-corrected chi connectivity index (χ1v) is 5.55. The fourth-order valence-electron chi connectivity index (χ4n) is 1.44. The summed E-state index contributed by atoms with van der Waals surface area (Å²) in [5, 5.41) is 9.56. The minimum Gasteiger partial charge on any atom is -0.466 e. The van der Waals surface area contributed by atoms with Crippen molar-refractivity contribution in [1.82, 2.24) is 0 Å². The second kappa shape index (κ2) is 6.81. The summed E-state index contributed by atoms with van der Waals surface area (Å²) in [5.41, 5.74) is 0.537. The van der Waals surface area contributed by atoms with Crippen LogP contribution in [-0.4, -0.2) is 29.6 Å². The third-order valence-electron chi connectivity index (χ3n) is 2.22. The van der Waals surface area contributed by atoms with Crippen molar-refractivity contribution in [3.8, 4) is 0 Å². The summed E-state index contributed by atoms with van der Waals surface area (Å²) in [6, 6.07) is 8.68. The van der Waals surface area contributed by atoms with Crippen molar-refractivity contribution >= 4 is 11.8 Å². The molecule has 1 N–H and O–H groups in total. The number of ether oxygens (including phenoxy) is 1. The van der Waals surface area contributed by atoms with Gasteiger partial charge in [-0.1, -0.05) is 30.3 Å². The fraction of sp³-hybridized carbons (Fsp3) is 0.385. The molecule has 0 aliphatic heterocycles. The van der Waals surface area contributed by atoms with Crippen molar-refractivity contribution in [3.63, 3.8) is 0 Å². The molecule has 0 unspecified atom stereocenters. The molecule has 0 fully saturated rings. The van der Waals surface area contributed by atoms with Gasteiger partial charge in [-0.3, -0.25) is 9.59 Å². The van der Waals surface area contributed by atoms with Gasteiger partial charge in [-0.2, -0.15) is 0 Å². The molecule has 1 atom stereocenters. The molecule has 0 radical (unpaired) electrons. The minimum absolute atomic E-state index is 0.0666. The summed E-state index contributed by atoms with van der Waals surface area (Å²) >= 11 is 0. The number of carbonyl (C=O) groups excluding carboxylic acids is 2. The fourth-order valence-corrected chi connectivity index (χ4v) is 1.44. The number of esters is 1. The third kappa shape index (κ3) is 4.78. The van der Waals surface area contributed by atoms with Crippen LogP contribution in [0, 0.1) is 0 Å². The lowest BCUT2D eigenvalue weighted by Crippen LogP contribution is -2.19. The number of rotatable bonds is 6. The highest BCUT2D eigenvalue weighted by Crippen LogP contribution is 2.08. The zero-order valence-electron chi connectivity index (χ0n) is 9.76. The average molecular weight is 236 g/mol. The van der Waals surface area contributed by atoms with Crippen LogP contribution in [0.25, 0.3) is 0 Å². The monoisotopic (exact) mass is 236 g/mol. The molecular weight excluding hydrogens is 220 g/mol. The lowest BCUT2D eigenvalue weighted by Gasteiger charge is -2.08. The molecule has 0 aliphatic carbocycles. The van der Waals surface area contributed by atoms with Gasteiger partial charge in [0.2, 0.25) is 0 Å². The molecule has 0 saturated heterocycles. The lowest BCUT2D eigenvalue weighted by atomic mass is 10.0. The molecule has 0 heterocycles. The molecule has 17 heavy (non-hydrogen) atoms. The van der Waals surface area contributed by atoms with Crippen molar-refractivity contribution in [2.75, 3.05) is 6.61 Å². The molecule has 1 rings (SSSR count). The molecule has 0 aliphatic rings. The number of ketones is 1. The molecule has 0 bridgehead atoms. The Morgan fingerprint density at radius 1 is 1.24 bits per heavy atom. The molecular formula is C13H16O4. The Balaban J connectivity index is 2.44. The second-order valence-electron chi connectivity index (χ2n) is 3.66. The molecule has 4 heteroatoms. The first-order valence-electron chi connectivity index (χ1n) is 5.55. The van der Waals surface area contributed by atoms with Crippen LogP contribution >= 0.6 is 0 Å². The zero-order chi connectivity index (χ0) is 12.7. The summed E-state index contributed by atoms with van der Waals surface area (Å²) in [5.74, 6) is -0.664. The van der Waals surface area contributed by atoms with E-state index < -0.39 is 12.1 Å². The normalized spacial score (nSPS) is 11.9. The molecule has 4 nitrogen and oxygen atoms in total. The number of aliphatic hydroxyl groups excluding tert-OH is 1. The highest BCUT2D eigenvalue weighted by atomic mass is 16.5. The van der Waals surface area contributed by atoms with Crippen LogP contribution in [0.5, 0.6) is 0 Å². The Morgan fingerprint density at radius 3 is 2.47 bits per heavy atom. The smallest absolute Gasteiger partial charge is 0.308 e. The van der Waals surface area contributed by atoms with E-state index >= 15 is 0 Å². The number of hydrogen-bond acceptors (Lipinski definition) is 4. The van der Waals surface area contributed by atoms with Gasteiger partial charge in [0, 0.05) is 12.0 Å². The van der Waals surface area contributed by atoms with E-state index in [2.05, 4.69) is 4.74 Å². The topological polar surface area (TPSA) is 63.6 Å². The van der Waals surface area contributed by atoms with Crippen molar-refractivity contribution in [1.29, 1.82) is 0 Å². The number of carbonyl (C=O) groups is 2. The predicted molar refractivity (Wildman–Crippen MR) is 62.6 cm³/mol. The van der Waals surface area contributed by atoms with E-state index in [-0.39, 0.29) is 25.2 Å². The van der Waals surface area contributed by atoms with Crippen molar-refractivity contribution in [2.45, 2.75) is 25.9 Å². The van der Waals surface area contributed by atoms with Gasteiger partial charge in [0.15, 0.2) is 5.78 Å². The standard InChI is InChI=1S/C13H16O4/c1-2-17-13(16)9-11(14)8-12(15)10-6-4-3-5-7-10/h3-7,11,14H,2,8-9H2,1H3/t11-/m0/s1. The van der Waals surface area contributed by atoms with Crippen LogP contribution in [0.1, 0.15) is 30.1 Å². The van der Waals surface area contributed by atoms with Crippen LogP contribution in [-0.2, 0) is 9.53 Å². The van der Waals surface area contributed by atoms with E-state index in [9.17, 15) is 14.7 Å². The minimum atomic E-state index is -0.984. The van der Waals surface area contributed by atoms with Gasteiger partial charge in [-0.05, 0) is 6.92 Å². The number of Topliss-reactive ketones (excluding diaryl/α,β-unsaturated/α-hetero) is 1. The maximum absolute atomic E-state index is 11.7. The Kier molecular flexibility index (Phi) is 5.36. The summed E-state index contributed by atoms with van der Waals surface area (Å²) in [6.07, 6.45) is -1.20. The molecule has 92 valence electrons. The van der Waals surface area contributed by atoms with Gasteiger partial charge in [-0.15, -0.1) is 0 Å².